The van der Waals surface area contributed by atoms with Crippen molar-refractivity contribution in [2.45, 2.75) is 6.61 Å². The largest absolute Gasteiger partial charge is 0.392 e. The van der Waals surface area contributed by atoms with E-state index in [9.17, 15) is 9.90 Å². The molecule has 0 aliphatic carbocycles. The molecule has 0 unspecified atom stereocenters. The standard InChI is InChI=1S/C21H16N2O2/c24-13-16-5-1-2-6-17(16)14-9-11-15(12-10-14)20-22-19-8-4-3-7-18(19)21(25)23-20/h1-12,24H,13H2,(H,22,23,25). The Hall–Kier alpha value is -3.24. The van der Waals surface area contributed by atoms with Crippen molar-refractivity contribution < 1.29 is 5.11 Å². The first kappa shape index (κ1) is 15.3. The number of aliphatic hydroxyl groups is 1. The zero-order valence-corrected chi connectivity index (χ0v) is 13.4. The van der Waals surface area contributed by atoms with E-state index in [1.807, 2.05) is 66.7 Å². The van der Waals surface area contributed by atoms with E-state index in [-0.39, 0.29) is 12.2 Å². The Morgan fingerprint density at radius 1 is 0.840 bits per heavy atom. The molecule has 1 aromatic heterocycles. The van der Waals surface area contributed by atoms with E-state index in [4.69, 9.17) is 0 Å². The maximum absolute atomic E-state index is 12.2. The first-order valence-electron chi connectivity index (χ1n) is 8.05. The lowest BCUT2D eigenvalue weighted by Crippen LogP contribution is -2.09. The molecule has 4 rings (SSSR count). The van der Waals surface area contributed by atoms with Gasteiger partial charge in [0.2, 0.25) is 0 Å². The number of aromatic nitrogens is 2. The zero-order valence-electron chi connectivity index (χ0n) is 13.4. The van der Waals surface area contributed by atoms with Crippen molar-refractivity contribution in [1.82, 2.24) is 9.97 Å². The van der Waals surface area contributed by atoms with Crippen LogP contribution in [0, 0.1) is 0 Å². The van der Waals surface area contributed by atoms with E-state index in [1.54, 1.807) is 6.07 Å². The van der Waals surface area contributed by atoms with Gasteiger partial charge in [0.25, 0.3) is 5.56 Å². The van der Waals surface area contributed by atoms with Crippen LogP contribution in [-0.2, 0) is 6.61 Å². The summed E-state index contributed by atoms with van der Waals surface area (Å²) in [6, 6.07) is 22.8. The molecule has 3 aromatic carbocycles. The summed E-state index contributed by atoms with van der Waals surface area (Å²) in [5.41, 5.74) is 4.26. The van der Waals surface area contributed by atoms with Gasteiger partial charge in [-0.1, -0.05) is 60.7 Å². The molecule has 0 aliphatic rings. The first-order chi connectivity index (χ1) is 12.3. The van der Waals surface area contributed by atoms with Gasteiger partial charge < -0.3 is 10.1 Å². The minimum atomic E-state index is -0.143. The molecule has 4 heteroatoms. The Bertz CT molecular complexity index is 1100. The third-order valence-electron chi connectivity index (χ3n) is 4.27. The van der Waals surface area contributed by atoms with Crippen molar-refractivity contribution >= 4 is 10.9 Å². The second kappa shape index (κ2) is 6.34. The van der Waals surface area contributed by atoms with Crippen LogP contribution in [0.15, 0.2) is 77.6 Å². The van der Waals surface area contributed by atoms with Crippen LogP contribution in [0.2, 0.25) is 0 Å². The van der Waals surface area contributed by atoms with Crippen LogP contribution in [-0.4, -0.2) is 15.1 Å². The molecule has 0 atom stereocenters. The topological polar surface area (TPSA) is 66.0 Å². The van der Waals surface area contributed by atoms with Crippen molar-refractivity contribution in [2.75, 3.05) is 0 Å². The Morgan fingerprint density at radius 3 is 2.32 bits per heavy atom. The minimum Gasteiger partial charge on any atom is -0.392 e. The van der Waals surface area contributed by atoms with E-state index in [1.165, 1.54) is 0 Å². The lowest BCUT2D eigenvalue weighted by molar-refractivity contribution is 0.282. The molecule has 0 aliphatic heterocycles. The van der Waals surface area contributed by atoms with Crippen LogP contribution in [0.3, 0.4) is 0 Å². The predicted molar refractivity (Wildman–Crippen MR) is 99.2 cm³/mol. The molecule has 0 spiro atoms. The van der Waals surface area contributed by atoms with Gasteiger partial charge in [0.15, 0.2) is 0 Å². The molecule has 0 amide bonds. The number of nitrogens with zero attached hydrogens (tertiary/aromatic N) is 1. The average Bonchev–Trinajstić information content (AvgIpc) is 2.68. The van der Waals surface area contributed by atoms with Gasteiger partial charge in [-0.3, -0.25) is 4.79 Å². The predicted octanol–water partition coefficient (Wildman–Crippen LogP) is 3.75. The number of H-pyrrole nitrogens is 1. The molecular formula is C21H16N2O2. The van der Waals surface area contributed by atoms with E-state index in [2.05, 4.69) is 9.97 Å². The fourth-order valence-corrected chi connectivity index (χ4v) is 2.97. The summed E-state index contributed by atoms with van der Waals surface area (Å²) in [4.78, 5) is 19.6. The smallest absolute Gasteiger partial charge is 0.259 e. The van der Waals surface area contributed by atoms with Gasteiger partial charge in [0.05, 0.1) is 17.5 Å². The highest BCUT2D eigenvalue weighted by molar-refractivity contribution is 5.79. The van der Waals surface area contributed by atoms with E-state index >= 15 is 0 Å². The number of hydrogen-bond acceptors (Lipinski definition) is 3. The second-order valence-electron chi connectivity index (χ2n) is 5.82. The molecule has 0 saturated heterocycles. The number of hydrogen-bond donors (Lipinski definition) is 2. The fourth-order valence-electron chi connectivity index (χ4n) is 2.97. The summed E-state index contributed by atoms with van der Waals surface area (Å²) in [5.74, 6) is 0.547. The SMILES string of the molecule is O=c1[nH]c(-c2ccc(-c3ccccc3CO)cc2)nc2ccccc12. The monoisotopic (exact) mass is 328 g/mol. The van der Waals surface area contributed by atoms with Gasteiger partial charge in [0, 0.05) is 5.56 Å². The average molecular weight is 328 g/mol. The Morgan fingerprint density at radius 2 is 1.52 bits per heavy atom. The number of aliphatic hydroxyl groups excluding tert-OH is 1. The molecule has 2 N–H and O–H groups in total. The summed E-state index contributed by atoms with van der Waals surface area (Å²) in [6.45, 7) is -0.00251. The number of rotatable bonds is 3. The third kappa shape index (κ3) is 2.84. The number of para-hydroxylation sites is 1. The van der Waals surface area contributed by atoms with E-state index in [0.717, 1.165) is 22.3 Å². The molecule has 4 aromatic rings. The maximum atomic E-state index is 12.2. The zero-order chi connectivity index (χ0) is 17.2. The van der Waals surface area contributed by atoms with Gasteiger partial charge >= 0.3 is 0 Å². The number of benzene rings is 3. The van der Waals surface area contributed by atoms with Gasteiger partial charge in [0.1, 0.15) is 5.82 Å². The molecule has 0 saturated carbocycles. The third-order valence-corrected chi connectivity index (χ3v) is 4.27. The Labute approximate surface area is 144 Å². The maximum Gasteiger partial charge on any atom is 0.259 e. The van der Waals surface area contributed by atoms with Crippen LogP contribution in [0.1, 0.15) is 5.56 Å². The summed E-state index contributed by atoms with van der Waals surface area (Å²) < 4.78 is 0. The summed E-state index contributed by atoms with van der Waals surface area (Å²) in [5, 5.41) is 10.1. The van der Waals surface area contributed by atoms with E-state index in [0.29, 0.717) is 16.7 Å². The van der Waals surface area contributed by atoms with Crippen LogP contribution in [0.5, 0.6) is 0 Å². The molecule has 4 nitrogen and oxygen atoms in total. The van der Waals surface area contributed by atoms with Gasteiger partial charge in [-0.2, -0.15) is 0 Å². The highest BCUT2D eigenvalue weighted by Crippen LogP contribution is 2.26. The number of aromatic amines is 1. The first-order valence-corrected chi connectivity index (χ1v) is 8.05. The van der Waals surface area contributed by atoms with Gasteiger partial charge in [-0.15, -0.1) is 0 Å². The van der Waals surface area contributed by atoms with Crippen LogP contribution in [0.25, 0.3) is 33.4 Å². The quantitative estimate of drug-likeness (QED) is 0.602. The van der Waals surface area contributed by atoms with E-state index < -0.39 is 0 Å². The van der Waals surface area contributed by atoms with Crippen molar-refractivity contribution in [2.24, 2.45) is 0 Å². The van der Waals surface area contributed by atoms with Crippen molar-refractivity contribution in [3.8, 4) is 22.5 Å². The second-order valence-corrected chi connectivity index (χ2v) is 5.82. The lowest BCUT2D eigenvalue weighted by atomic mass is 9.99. The van der Waals surface area contributed by atoms with Crippen LogP contribution < -0.4 is 5.56 Å². The molecule has 122 valence electrons. The van der Waals surface area contributed by atoms with Crippen molar-refractivity contribution in [1.29, 1.82) is 0 Å². The lowest BCUT2D eigenvalue weighted by Gasteiger charge is -2.08. The molecule has 0 radical (unpaired) electrons. The van der Waals surface area contributed by atoms with Crippen LogP contribution >= 0.6 is 0 Å². The summed E-state index contributed by atoms with van der Waals surface area (Å²) in [6.07, 6.45) is 0. The van der Waals surface area contributed by atoms with Gasteiger partial charge in [-0.05, 0) is 28.8 Å². The normalized spacial score (nSPS) is 10.9. The fraction of sp³-hybridized carbons (Fsp3) is 0.0476. The minimum absolute atomic E-state index is 0.00251. The summed E-state index contributed by atoms with van der Waals surface area (Å²) in [7, 11) is 0. The molecule has 0 bridgehead atoms. The van der Waals surface area contributed by atoms with Crippen molar-refractivity contribution in [3.63, 3.8) is 0 Å². The number of nitrogens with one attached hydrogen (secondary N) is 1. The highest BCUT2D eigenvalue weighted by atomic mass is 16.3. The Balaban J connectivity index is 1.77. The molecule has 0 fully saturated rings. The molecule has 1 heterocycles. The van der Waals surface area contributed by atoms with Crippen molar-refractivity contribution in [3.05, 3.63) is 88.7 Å². The number of fused-ring (bicyclic) bond motifs is 1. The molecule has 25 heavy (non-hydrogen) atoms. The Kier molecular flexibility index (Phi) is 3.88. The highest BCUT2D eigenvalue weighted by Gasteiger charge is 2.07. The molecular weight excluding hydrogens is 312 g/mol. The van der Waals surface area contributed by atoms with Crippen LogP contribution in [0.4, 0.5) is 0 Å². The van der Waals surface area contributed by atoms with Gasteiger partial charge in [-0.25, -0.2) is 4.98 Å². The summed E-state index contributed by atoms with van der Waals surface area (Å²) >= 11 is 0.